The van der Waals surface area contributed by atoms with Gasteiger partial charge in [-0.3, -0.25) is 14.9 Å². The van der Waals surface area contributed by atoms with Gasteiger partial charge in [-0.25, -0.2) is 0 Å². The van der Waals surface area contributed by atoms with Crippen LogP contribution in [-0.4, -0.2) is 48.2 Å². The van der Waals surface area contributed by atoms with Gasteiger partial charge in [0.1, 0.15) is 0 Å². The van der Waals surface area contributed by atoms with Crippen LogP contribution in [0.3, 0.4) is 0 Å². The van der Waals surface area contributed by atoms with E-state index in [4.69, 9.17) is 9.84 Å². The number of ketones is 1. The summed E-state index contributed by atoms with van der Waals surface area (Å²) in [4.78, 5) is 23.9. The number of morpholine rings is 1. The summed E-state index contributed by atoms with van der Waals surface area (Å²) in [6.07, 6.45) is -0.307. The summed E-state index contributed by atoms with van der Waals surface area (Å²) in [5.74, 6) is -0.226. The maximum Gasteiger partial charge on any atom is 0.270 e. The van der Waals surface area contributed by atoms with Crippen molar-refractivity contribution in [3.8, 4) is 0 Å². The van der Waals surface area contributed by atoms with Crippen LogP contribution < -0.4 is 4.90 Å². The van der Waals surface area contributed by atoms with Gasteiger partial charge in [-0.05, 0) is 13.0 Å². The first-order valence-corrected chi connectivity index (χ1v) is 6.29. The third-order valence-corrected chi connectivity index (χ3v) is 3.25. The minimum absolute atomic E-state index is 0.0983. The van der Waals surface area contributed by atoms with E-state index in [-0.39, 0.29) is 24.2 Å². The zero-order chi connectivity index (χ0) is 14.7. The van der Waals surface area contributed by atoms with Gasteiger partial charge in [0, 0.05) is 36.5 Å². The van der Waals surface area contributed by atoms with Crippen molar-refractivity contribution in [3.05, 3.63) is 33.9 Å². The molecule has 0 saturated carbocycles. The summed E-state index contributed by atoms with van der Waals surface area (Å²) in [5, 5.41) is 19.9. The molecule has 0 aromatic heterocycles. The van der Waals surface area contributed by atoms with E-state index >= 15 is 0 Å². The lowest BCUT2D eigenvalue weighted by Crippen LogP contribution is -2.44. The number of anilines is 1. The number of rotatable bonds is 4. The number of nitro groups is 1. The van der Waals surface area contributed by atoms with Crippen LogP contribution in [0.4, 0.5) is 11.4 Å². The average Bonchev–Trinajstić information content (AvgIpc) is 2.46. The van der Waals surface area contributed by atoms with Crippen LogP contribution in [0.5, 0.6) is 0 Å². The first kappa shape index (κ1) is 14.4. The molecule has 0 bridgehead atoms. The van der Waals surface area contributed by atoms with Gasteiger partial charge in [0.2, 0.25) is 0 Å². The molecule has 1 unspecified atom stereocenters. The summed E-state index contributed by atoms with van der Waals surface area (Å²) in [6.45, 7) is 2.76. The van der Waals surface area contributed by atoms with Crippen molar-refractivity contribution in [1.82, 2.24) is 0 Å². The van der Waals surface area contributed by atoms with E-state index in [1.165, 1.54) is 19.1 Å². The van der Waals surface area contributed by atoms with Gasteiger partial charge < -0.3 is 14.7 Å². The standard InChI is InChI=1S/C13H16N2O5/c1-9(17)12-6-10(15(18)19)2-3-13(12)14-4-5-20-11(7-14)8-16/h2-3,6,11,16H,4-5,7-8H2,1H3. The molecule has 1 aliphatic rings. The molecule has 1 aromatic rings. The fraction of sp³-hybridized carbons (Fsp3) is 0.462. The van der Waals surface area contributed by atoms with Crippen molar-refractivity contribution in [2.75, 3.05) is 31.2 Å². The Kier molecular flexibility index (Phi) is 4.31. The van der Waals surface area contributed by atoms with Crippen molar-refractivity contribution in [1.29, 1.82) is 0 Å². The van der Waals surface area contributed by atoms with Gasteiger partial charge in [-0.2, -0.15) is 0 Å². The van der Waals surface area contributed by atoms with Gasteiger partial charge in [-0.15, -0.1) is 0 Å². The second-order valence-electron chi connectivity index (χ2n) is 4.64. The molecule has 1 fully saturated rings. The lowest BCUT2D eigenvalue weighted by molar-refractivity contribution is -0.384. The van der Waals surface area contributed by atoms with Gasteiger partial charge in [0.15, 0.2) is 5.78 Å². The Morgan fingerprint density at radius 1 is 1.60 bits per heavy atom. The summed E-state index contributed by atoms with van der Waals surface area (Å²) in [6, 6.07) is 4.25. The van der Waals surface area contributed by atoms with E-state index in [0.717, 1.165) is 0 Å². The monoisotopic (exact) mass is 280 g/mol. The quantitative estimate of drug-likeness (QED) is 0.502. The Hall–Kier alpha value is -1.99. The predicted octanol–water partition coefficient (Wildman–Crippen LogP) is 0.995. The molecular weight excluding hydrogens is 264 g/mol. The number of non-ortho nitro benzene ring substituents is 1. The molecule has 2 rings (SSSR count). The molecule has 0 radical (unpaired) electrons. The largest absolute Gasteiger partial charge is 0.394 e. The molecule has 1 saturated heterocycles. The van der Waals surface area contributed by atoms with Gasteiger partial charge >= 0.3 is 0 Å². The number of nitro benzene ring substituents is 1. The molecule has 1 N–H and O–H groups in total. The molecule has 108 valence electrons. The van der Waals surface area contributed by atoms with E-state index in [1.54, 1.807) is 6.07 Å². The van der Waals surface area contributed by atoms with E-state index < -0.39 is 4.92 Å². The maximum absolute atomic E-state index is 11.7. The maximum atomic E-state index is 11.7. The number of carbonyl (C=O) groups is 1. The Labute approximate surface area is 115 Å². The van der Waals surface area contributed by atoms with Crippen molar-refractivity contribution >= 4 is 17.2 Å². The first-order valence-electron chi connectivity index (χ1n) is 6.29. The number of hydrogen-bond acceptors (Lipinski definition) is 6. The third-order valence-electron chi connectivity index (χ3n) is 3.25. The van der Waals surface area contributed by atoms with E-state index in [9.17, 15) is 14.9 Å². The molecular formula is C13H16N2O5. The van der Waals surface area contributed by atoms with E-state index in [1.807, 2.05) is 4.90 Å². The summed E-state index contributed by atoms with van der Waals surface area (Å²) >= 11 is 0. The van der Waals surface area contributed by atoms with Crippen molar-refractivity contribution < 1.29 is 19.6 Å². The minimum atomic E-state index is -0.522. The summed E-state index contributed by atoms with van der Waals surface area (Å²) < 4.78 is 5.36. The van der Waals surface area contributed by atoms with E-state index in [0.29, 0.717) is 30.9 Å². The number of hydrogen-bond donors (Lipinski definition) is 1. The second kappa shape index (κ2) is 5.98. The molecule has 1 heterocycles. The van der Waals surface area contributed by atoms with Crippen LogP contribution in [0.25, 0.3) is 0 Å². The van der Waals surface area contributed by atoms with Crippen molar-refractivity contribution in [2.24, 2.45) is 0 Å². The molecule has 1 aliphatic heterocycles. The Morgan fingerprint density at radius 3 is 2.95 bits per heavy atom. The number of carbonyl (C=O) groups excluding carboxylic acids is 1. The van der Waals surface area contributed by atoms with Crippen LogP contribution >= 0.6 is 0 Å². The van der Waals surface area contributed by atoms with Crippen molar-refractivity contribution in [3.63, 3.8) is 0 Å². The zero-order valence-electron chi connectivity index (χ0n) is 11.1. The molecule has 1 atom stereocenters. The first-order chi connectivity index (χ1) is 9.52. The highest BCUT2D eigenvalue weighted by Gasteiger charge is 2.24. The molecule has 1 aromatic carbocycles. The number of ether oxygens (including phenoxy) is 1. The van der Waals surface area contributed by atoms with Crippen LogP contribution in [0, 0.1) is 10.1 Å². The molecule has 7 nitrogen and oxygen atoms in total. The molecule has 20 heavy (non-hydrogen) atoms. The Balaban J connectivity index is 2.35. The summed E-state index contributed by atoms with van der Waals surface area (Å²) in [7, 11) is 0. The fourth-order valence-electron chi connectivity index (χ4n) is 2.24. The number of aliphatic hydroxyl groups excluding tert-OH is 1. The molecule has 0 spiro atoms. The Morgan fingerprint density at radius 2 is 2.35 bits per heavy atom. The molecule has 0 aliphatic carbocycles. The zero-order valence-corrected chi connectivity index (χ0v) is 11.1. The highest BCUT2D eigenvalue weighted by atomic mass is 16.6. The summed E-state index contributed by atoms with van der Waals surface area (Å²) in [5.41, 5.74) is 0.855. The molecule has 0 amide bonds. The number of nitrogens with zero attached hydrogens (tertiary/aromatic N) is 2. The van der Waals surface area contributed by atoms with E-state index in [2.05, 4.69) is 0 Å². The van der Waals surface area contributed by atoms with Crippen LogP contribution in [0.2, 0.25) is 0 Å². The van der Waals surface area contributed by atoms with Gasteiger partial charge in [-0.1, -0.05) is 0 Å². The molecule has 7 heteroatoms. The minimum Gasteiger partial charge on any atom is -0.394 e. The van der Waals surface area contributed by atoms with Crippen LogP contribution in [-0.2, 0) is 4.74 Å². The fourth-order valence-corrected chi connectivity index (χ4v) is 2.24. The third kappa shape index (κ3) is 2.94. The topological polar surface area (TPSA) is 92.9 Å². The van der Waals surface area contributed by atoms with Crippen molar-refractivity contribution in [2.45, 2.75) is 13.0 Å². The predicted molar refractivity (Wildman–Crippen MR) is 72.1 cm³/mol. The highest BCUT2D eigenvalue weighted by molar-refractivity contribution is 6.00. The normalized spacial score (nSPS) is 18.9. The van der Waals surface area contributed by atoms with Crippen LogP contribution in [0.1, 0.15) is 17.3 Å². The lowest BCUT2D eigenvalue weighted by atomic mass is 10.1. The van der Waals surface area contributed by atoms with Gasteiger partial charge in [0.25, 0.3) is 5.69 Å². The number of Topliss-reactive ketones (excluding diaryl/α,β-unsaturated/α-hetero) is 1. The highest BCUT2D eigenvalue weighted by Crippen LogP contribution is 2.27. The SMILES string of the molecule is CC(=O)c1cc([N+](=O)[O-])ccc1N1CCOC(CO)C1. The number of benzene rings is 1. The van der Waals surface area contributed by atoms with Crippen LogP contribution in [0.15, 0.2) is 18.2 Å². The smallest absolute Gasteiger partial charge is 0.270 e. The average molecular weight is 280 g/mol. The van der Waals surface area contributed by atoms with Gasteiger partial charge in [0.05, 0.1) is 24.2 Å². The Bertz CT molecular complexity index is 531. The second-order valence-corrected chi connectivity index (χ2v) is 4.64. The lowest BCUT2D eigenvalue weighted by Gasteiger charge is -2.34. The number of aliphatic hydroxyl groups is 1.